The summed E-state index contributed by atoms with van der Waals surface area (Å²) in [6, 6.07) is 1.27. The molecule has 0 aliphatic heterocycles. The molecule has 0 unspecified atom stereocenters. The number of aromatic nitrogens is 1. The van der Waals surface area contributed by atoms with E-state index in [4.69, 9.17) is 0 Å². The summed E-state index contributed by atoms with van der Waals surface area (Å²) in [5.74, 6) is -0.128. The molecule has 0 saturated carbocycles. The van der Waals surface area contributed by atoms with E-state index in [0.29, 0.717) is 5.69 Å². The maximum absolute atomic E-state index is 11.7. The van der Waals surface area contributed by atoms with Gasteiger partial charge in [-0.1, -0.05) is 13.8 Å². The second-order valence-corrected chi connectivity index (χ2v) is 3.41. The van der Waals surface area contributed by atoms with Gasteiger partial charge in [0.1, 0.15) is 0 Å². The largest absolute Gasteiger partial charge is 0.353 e. The first-order valence-corrected chi connectivity index (χ1v) is 5.16. The molecule has 1 aromatic heterocycles. The topological polar surface area (TPSA) is 79.2 Å². The predicted octanol–water partition coefficient (Wildman–Crippen LogP) is 1.45. The molecule has 0 aromatic carbocycles. The Hall–Kier alpha value is -1.69. The summed E-state index contributed by atoms with van der Waals surface area (Å²) < 4.78 is 0. The van der Waals surface area contributed by atoms with Gasteiger partial charge >= 0.3 is 0 Å². The highest BCUT2D eigenvalue weighted by Gasteiger charge is 2.15. The molecule has 0 fully saturated rings. The summed E-state index contributed by atoms with van der Waals surface area (Å²) >= 11 is 0. The van der Waals surface area contributed by atoms with Crippen molar-refractivity contribution in [3.63, 3.8) is 0 Å². The second-order valence-electron chi connectivity index (χ2n) is 3.41. The fourth-order valence-electron chi connectivity index (χ4n) is 1.38. The molecule has 0 saturated heterocycles. The van der Waals surface area contributed by atoms with Crippen molar-refractivity contribution < 1.29 is 9.72 Å². The third-order valence-corrected chi connectivity index (χ3v) is 2.44. The molecule has 0 atom stereocenters. The monoisotopic (exact) mass is 225 g/mol. The zero-order chi connectivity index (χ0) is 12.1. The van der Waals surface area contributed by atoms with Crippen LogP contribution in [-0.2, 0) is 0 Å². The molecule has 0 radical (unpaired) electrons. The first-order chi connectivity index (χ1) is 7.58. The Morgan fingerprint density at radius 1 is 1.50 bits per heavy atom. The Balaban J connectivity index is 2.69. The number of likely N-dealkylation sites (N-methyl/N-ethyl adjacent to an activating group) is 1. The van der Waals surface area contributed by atoms with Crippen molar-refractivity contribution in [2.75, 3.05) is 19.6 Å². The molecule has 1 rings (SSSR count). The van der Waals surface area contributed by atoms with Gasteiger partial charge in [-0.05, 0) is 13.1 Å². The van der Waals surface area contributed by atoms with Crippen LogP contribution in [0.15, 0.2) is 12.3 Å². The maximum Gasteiger partial charge on any atom is 0.287 e. The molecule has 6 heteroatoms. The minimum atomic E-state index is -0.523. The second kappa shape index (κ2) is 5.41. The molecular weight excluding hydrogens is 210 g/mol. The van der Waals surface area contributed by atoms with Gasteiger partial charge in [-0.2, -0.15) is 0 Å². The summed E-state index contributed by atoms with van der Waals surface area (Å²) in [7, 11) is 0. The Labute approximate surface area is 93.4 Å². The average Bonchev–Trinajstić information content (AvgIpc) is 2.74. The van der Waals surface area contributed by atoms with Gasteiger partial charge < -0.3 is 4.98 Å². The average molecular weight is 225 g/mol. The molecule has 1 heterocycles. The molecule has 0 spiro atoms. The van der Waals surface area contributed by atoms with Crippen LogP contribution < -0.4 is 0 Å². The van der Waals surface area contributed by atoms with Gasteiger partial charge in [0.05, 0.1) is 23.4 Å². The van der Waals surface area contributed by atoms with Gasteiger partial charge in [0.25, 0.3) is 5.69 Å². The van der Waals surface area contributed by atoms with Gasteiger partial charge in [-0.25, -0.2) is 0 Å². The third-order valence-electron chi connectivity index (χ3n) is 2.44. The van der Waals surface area contributed by atoms with E-state index in [1.807, 2.05) is 18.7 Å². The third kappa shape index (κ3) is 2.90. The van der Waals surface area contributed by atoms with Crippen LogP contribution in [0.4, 0.5) is 5.69 Å². The summed E-state index contributed by atoms with van der Waals surface area (Å²) in [5, 5.41) is 10.4. The number of nitrogens with one attached hydrogen (secondary N) is 1. The van der Waals surface area contributed by atoms with E-state index in [0.717, 1.165) is 13.1 Å². The van der Waals surface area contributed by atoms with Crippen molar-refractivity contribution in [1.29, 1.82) is 0 Å². The van der Waals surface area contributed by atoms with Crippen LogP contribution in [0.1, 0.15) is 24.3 Å². The van der Waals surface area contributed by atoms with Crippen molar-refractivity contribution >= 4 is 11.5 Å². The zero-order valence-electron chi connectivity index (χ0n) is 9.40. The summed E-state index contributed by atoms with van der Waals surface area (Å²) in [6.07, 6.45) is 1.23. The van der Waals surface area contributed by atoms with Crippen molar-refractivity contribution in [3.05, 3.63) is 28.1 Å². The highest BCUT2D eigenvalue weighted by atomic mass is 16.6. The lowest BCUT2D eigenvalue weighted by atomic mass is 10.2. The Kier molecular flexibility index (Phi) is 4.19. The Morgan fingerprint density at radius 2 is 2.12 bits per heavy atom. The molecule has 16 heavy (non-hydrogen) atoms. The fraction of sp³-hybridized carbons (Fsp3) is 0.500. The number of hydrogen-bond donors (Lipinski definition) is 1. The molecule has 1 aromatic rings. The van der Waals surface area contributed by atoms with E-state index in [-0.39, 0.29) is 18.0 Å². The molecule has 0 aliphatic rings. The Bertz CT molecular complexity index is 382. The normalized spacial score (nSPS) is 10.7. The van der Waals surface area contributed by atoms with E-state index < -0.39 is 4.92 Å². The number of Topliss-reactive ketones (excluding diaryl/α,β-unsaturated/α-hetero) is 1. The Morgan fingerprint density at radius 3 is 2.56 bits per heavy atom. The quantitative estimate of drug-likeness (QED) is 0.451. The van der Waals surface area contributed by atoms with Crippen LogP contribution in [0, 0.1) is 10.1 Å². The van der Waals surface area contributed by atoms with Crippen molar-refractivity contribution in [2.45, 2.75) is 13.8 Å². The molecule has 1 N–H and O–H groups in total. The van der Waals surface area contributed by atoms with Gasteiger partial charge in [0, 0.05) is 6.07 Å². The van der Waals surface area contributed by atoms with Crippen LogP contribution in [0.25, 0.3) is 0 Å². The van der Waals surface area contributed by atoms with Gasteiger partial charge in [0.2, 0.25) is 0 Å². The predicted molar refractivity (Wildman–Crippen MR) is 59.6 cm³/mol. The lowest BCUT2D eigenvalue weighted by Crippen LogP contribution is -2.29. The standard InChI is InChI=1S/C10H15N3O3/c1-3-12(4-2)7-10(14)9-5-8(6-11-9)13(15)16/h5-6,11H,3-4,7H2,1-2H3. The van der Waals surface area contributed by atoms with Gasteiger partial charge in [0.15, 0.2) is 5.78 Å². The first kappa shape index (κ1) is 12.4. The van der Waals surface area contributed by atoms with Crippen LogP contribution in [-0.4, -0.2) is 40.2 Å². The van der Waals surface area contributed by atoms with E-state index in [1.165, 1.54) is 12.3 Å². The van der Waals surface area contributed by atoms with Crippen LogP contribution in [0.5, 0.6) is 0 Å². The maximum atomic E-state index is 11.7. The summed E-state index contributed by atoms with van der Waals surface area (Å²) in [4.78, 5) is 26.2. The smallest absolute Gasteiger partial charge is 0.287 e. The molecule has 0 aliphatic carbocycles. The number of carbonyl (C=O) groups excluding carboxylic acids is 1. The highest BCUT2D eigenvalue weighted by Crippen LogP contribution is 2.12. The van der Waals surface area contributed by atoms with E-state index >= 15 is 0 Å². The van der Waals surface area contributed by atoms with Crippen LogP contribution in [0.3, 0.4) is 0 Å². The minimum absolute atomic E-state index is 0.0807. The molecule has 0 amide bonds. The van der Waals surface area contributed by atoms with Crippen LogP contribution in [0.2, 0.25) is 0 Å². The zero-order valence-corrected chi connectivity index (χ0v) is 9.40. The minimum Gasteiger partial charge on any atom is -0.353 e. The number of rotatable bonds is 6. The van der Waals surface area contributed by atoms with Crippen molar-refractivity contribution in [1.82, 2.24) is 9.88 Å². The van der Waals surface area contributed by atoms with Gasteiger partial charge in [-0.3, -0.25) is 19.8 Å². The molecule has 0 bridgehead atoms. The van der Waals surface area contributed by atoms with Crippen LogP contribution >= 0.6 is 0 Å². The summed E-state index contributed by atoms with van der Waals surface area (Å²) in [6.45, 7) is 5.78. The highest BCUT2D eigenvalue weighted by molar-refractivity contribution is 5.96. The number of nitrogens with zero attached hydrogens (tertiary/aromatic N) is 2. The number of nitro groups is 1. The number of carbonyl (C=O) groups is 1. The number of hydrogen-bond acceptors (Lipinski definition) is 4. The number of aromatic amines is 1. The van der Waals surface area contributed by atoms with E-state index in [9.17, 15) is 14.9 Å². The molecule has 88 valence electrons. The first-order valence-electron chi connectivity index (χ1n) is 5.16. The number of H-pyrrole nitrogens is 1. The van der Waals surface area contributed by atoms with E-state index in [2.05, 4.69) is 4.98 Å². The summed E-state index contributed by atoms with van der Waals surface area (Å²) in [5.41, 5.74) is 0.210. The molecular formula is C10H15N3O3. The van der Waals surface area contributed by atoms with Crippen molar-refractivity contribution in [3.8, 4) is 0 Å². The lowest BCUT2D eigenvalue weighted by Gasteiger charge is -2.15. The number of ketones is 1. The SMILES string of the molecule is CCN(CC)CC(=O)c1cc([N+](=O)[O-])c[nH]1. The van der Waals surface area contributed by atoms with Gasteiger partial charge in [-0.15, -0.1) is 0 Å². The lowest BCUT2D eigenvalue weighted by molar-refractivity contribution is -0.384. The van der Waals surface area contributed by atoms with E-state index in [1.54, 1.807) is 0 Å². The fourth-order valence-corrected chi connectivity index (χ4v) is 1.38. The molecule has 6 nitrogen and oxygen atoms in total. The van der Waals surface area contributed by atoms with Crippen molar-refractivity contribution in [2.24, 2.45) is 0 Å².